The Morgan fingerprint density at radius 1 is 0.900 bits per heavy atom. The van der Waals surface area contributed by atoms with E-state index in [-0.39, 0.29) is 45.7 Å². The molecule has 0 bridgehead atoms. The van der Waals surface area contributed by atoms with Crippen LogP contribution in [0.2, 0.25) is 0 Å². The maximum atomic E-state index is 13.7. The Balaban J connectivity index is 0.00000180. The average molecular weight is 356 g/mol. The van der Waals surface area contributed by atoms with E-state index in [0.29, 0.717) is 17.9 Å². The van der Waals surface area contributed by atoms with Gasteiger partial charge < -0.3 is 12.2 Å². The van der Waals surface area contributed by atoms with E-state index in [1.54, 1.807) is 31.2 Å². The molecule has 0 saturated carbocycles. The molecule has 0 aromatic heterocycles. The molecule has 0 fully saturated rings. The molecule has 0 amide bonds. The molecule has 0 heterocycles. The van der Waals surface area contributed by atoms with E-state index in [4.69, 9.17) is 4.74 Å². The molecule has 20 heavy (non-hydrogen) atoms. The number of halogens is 3. The van der Waals surface area contributed by atoms with Crippen molar-refractivity contribution in [2.24, 2.45) is 0 Å². The van der Waals surface area contributed by atoms with Gasteiger partial charge in [0.2, 0.25) is 0 Å². The quantitative estimate of drug-likeness (QED) is 0.576. The van der Waals surface area contributed by atoms with E-state index in [2.05, 4.69) is 0 Å². The molecule has 0 aliphatic carbocycles. The summed E-state index contributed by atoms with van der Waals surface area (Å²) in [5.74, 6) is -3.45. The molecule has 1 nitrogen and oxygen atoms in total. The van der Waals surface area contributed by atoms with Gasteiger partial charge in [-0.25, -0.2) is 13.2 Å². The number of ether oxygens (including phenoxy) is 1. The fourth-order valence-corrected chi connectivity index (χ4v) is 1.70. The summed E-state index contributed by atoms with van der Waals surface area (Å²) in [6.07, 6.45) is 0. The minimum Gasteiger partial charge on any atom is -0.493 e. The third kappa shape index (κ3) is 3.83. The van der Waals surface area contributed by atoms with Crippen LogP contribution in [-0.4, -0.2) is 6.61 Å². The van der Waals surface area contributed by atoms with Crippen LogP contribution in [0.1, 0.15) is 6.92 Å². The van der Waals surface area contributed by atoms with Gasteiger partial charge in [-0.2, -0.15) is 0 Å². The van der Waals surface area contributed by atoms with Crippen LogP contribution in [-0.2, 0) is 32.7 Å². The summed E-state index contributed by atoms with van der Waals surface area (Å²) in [4.78, 5) is 0. The smallest absolute Gasteiger partial charge is 0.195 e. The van der Waals surface area contributed by atoms with E-state index in [1.165, 1.54) is 6.07 Å². The SMILES string of the molecule is CCOc1ccccc1-c1ccc(F)c(F)c1F.[CH3-].[Y]. The number of hydrogen-bond donors (Lipinski definition) is 0. The molecule has 0 atom stereocenters. The Kier molecular flexibility index (Phi) is 8.06. The first kappa shape index (κ1) is 19.1. The summed E-state index contributed by atoms with van der Waals surface area (Å²) >= 11 is 0. The van der Waals surface area contributed by atoms with E-state index in [1.807, 2.05) is 0 Å². The monoisotopic (exact) mass is 356 g/mol. The largest absolute Gasteiger partial charge is 0.493 e. The van der Waals surface area contributed by atoms with Crippen molar-refractivity contribution in [3.05, 3.63) is 61.3 Å². The van der Waals surface area contributed by atoms with Crippen molar-refractivity contribution in [3.8, 4) is 16.9 Å². The van der Waals surface area contributed by atoms with Crippen LogP contribution >= 0.6 is 0 Å². The molecule has 0 aliphatic rings. The molecule has 5 heteroatoms. The predicted octanol–water partition coefficient (Wildman–Crippen LogP) is 4.62. The minimum absolute atomic E-state index is 0. The second-order valence-electron chi connectivity index (χ2n) is 3.65. The van der Waals surface area contributed by atoms with Crippen molar-refractivity contribution < 1.29 is 50.6 Å². The van der Waals surface area contributed by atoms with Gasteiger partial charge in [0.25, 0.3) is 0 Å². The standard InChI is InChI=1S/C14H11F3O.CH3.Y/c1-2-18-12-6-4-3-5-9(12)10-7-8-11(15)14(17)13(10)16;;/h3-8H,2H2,1H3;1H3;/q;-1;. The summed E-state index contributed by atoms with van der Waals surface area (Å²) in [6, 6.07) is 8.76. The van der Waals surface area contributed by atoms with Gasteiger partial charge in [0, 0.05) is 43.8 Å². The average Bonchev–Trinajstić information content (AvgIpc) is 2.38. The molecule has 0 spiro atoms. The van der Waals surface area contributed by atoms with Crippen LogP contribution in [0.4, 0.5) is 13.2 Å². The number of rotatable bonds is 3. The molecule has 0 saturated heterocycles. The molecule has 2 aromatic rings. The fraction of sp³-hybridized carbons (Fsp3) is 0.133. The molecule has 2 aromatic carbocycles. The zero-order chi connectivity index (χ0) is 13.1. The first-order chi connectivity index (χ1) is 8.65. The van der Waals surface area contributed by atoms with Gasteiger partial charge >= 0.3 is 0 Å². The van der Waals surface area contributed by atoms with Crippen LogP contribution in [0.3, 0.4) is 0 Å². The van der Waals surface area contributed by atoms with Crippen molar-refractivity contribution in [1.82, 2.24) is 0 Å². The molecular weight excluding hydrogens is 342 g/mol. The zero-order valence-electron chi connectivity index (χ0n) is 11.3. The normalized spacial score (nSPS) is 9.40. The maximum Gasteiger partial charge on any atom is 0.195 e. The second-order valence-corrected chi connectivity index (χ2v) is 3.65. The molecular formula is C15H14F3OY-. The first-order valence-corrected chi connectivity index (χ1v) is 5.50. The van der Waals surface area contributed by atoms with Crippen molar-refractivity contribution in [3.63, 3.8) is 0 Å². The third-order valence-electron chi connectivity index (χ3n) is 2.51. The van der Waals surface area contributed by atoms with Crippen LogP contribution in [0.5, 0.6) is 5.75 Å². The number of para-hydroxylation sites is 1. The minimum atomic E-state index is -1.47. The van der Waals surface area contributed by atoms with E-state index < -0.39 is 17.5 Å². The molecule has 105 valence electrons. The first-order valence-electron chi connectivity index (χ1n) is 5.50. The molecule has 2 rings (SSSR count). The zero-order valence-corrected chi connectivity index (χ0v) is 14.1. The Labute approximate surface area is 142 Å². The predicted molar refractivity (Wildman–Crippen MR) is 69.3 cm³/mol. The van der Waals surface area contributed by atoms with Gasteiger partial charge in [0.15, 0.2) is 17.5 Å². The Bertz CT molecular complexity index is 573. The van der Waals surface area contributed by atoms with Crippen LogP contribution in [0, 0.1) is 24.9 Å². The summed E-state index contributed by atoms with van der Waals surface area (Å²) in [7, 11) is 0. The molecule has 0 N–H and O–H groups in total. The summed E-state index contributed by atoms with van der Waals surface area (Å²) in [6.45, 7) is 2.20. The summed E-state index contributed by atoms with van der Waals surface area (Å²) in [5.41, 5.74) is 0.383. The van der Waals surface area contributed by atoms with E-state index in [0.717, 1.165) is 6.07 Å². The van der Waals surface area contributed by atoms with Gasteiger partial charge in [0.1, 0.15) is 5.75 Å². The van der Waals surface area contributed by atoms with Crippen molar-refractivity contribution in [2.45, 2.75) is 6.92 Å². The Morgan fingerprint density at radius 2 is 1.55 bits per heavy atom. The van der Waals surface area contributed by atoms with E-state index >= 15 is 0 Å². The topological polar surface area (TPSA) is 9.23 Å². The van der Waals surface area contributed by atoms with Crippen molar-refractivity contribution >= 4 is 0 Å². The Hall–Kier alpha value is -0.866. The van der Waals surface area contributed by atoms with Gasteiger partial charge in [-0.3, -0.25) is 0 Å². The summed E-state index contributed by atoms with van der Waals surface area (Å²) < 4.78 is 45.1. The molecule has 1 radical (unpaired) electrons. The third-order valence-corrected chi connectivity index (χ3v) is 2.51. The van der Waals surface area contributed by atoms with Crippen LogP contribution in [0.25, 0.3) is 11.1 Å². The maximum absolute atomic E-state index is 13.7. The molecule has 0 unspecified atom stereocenters. The van der Waals surface area contributed by atoms with Gasteiger partial charge in [0.05, 0.1) is 6.61 Å². The summed E-state index contributed by atoms with van der Waals surface area (Å²) in [5, 5.41) is 0. The molecule has 0 aliphatic heterocycles. The van der Waals surface area contributed by atoms with Gasteiger partial charge in [-0.05, 0) is 25.1 Å². The number of hydrogen-bond acceptors (Lipinski definition) is 1. The Morgan fingerprint density at radius 3 is 2.20 bits per heavy atom. The van der Waals surface area contributed by atoms with E-state index in [9.17, 15) is 13.2 Å². The number of benzene rings is 2. The van der Waals surface area contributed by atoms with Gasteiger partial charge in [-0.1, -0.05) is 18.2 Å². The van der Waals surface area contributed by atoms with Crippen molar-refractivity contribution in [1.29, 1.82) is 0 Å². The van der Waals surface area contributed by atoms with Crippen LogP contribution in [0.15, 0.2) is 36.4 Å². The van der Waals surface area contributed by atoms with Crippen molar-refractivity contribution in [2.75, 3.05) is 6.61 Å². The second kappa shape index (κ2) is 8.43. The van der Waals surface area contributed by atoms with Crippen LogP contribution < -0.4 is 4.74 Å². The fourth-order valence-electron chi connectivity index (χ4n) is 1.70. The van der Waals surface area contributed by atoms with Gasteiger partial charge in [-0.15, -0.1) is 0 Å².